The Kier molecular flexibility index (Phi) is 4.08. The maximum atomic E-state index is 13.3. The van der Waals surface area contributed by atoms with Gasteiger partial charge < -0.3 is 19.6 Å². The number of ether oxygens (including phenoxy) is 1. The van der Waals surface area contributed by atoms with E-state index in [1.807, 2.05) is 24.3 Å². The average molecular weight is 388 g/mol. The maximum absolute atomic E-state index is 13.3. The first-order chi connectivity index (χ1) is 14.2. The molecular weight excluding hydrogens is 368 g/mol. The number of benzene rings is 2. The van der Waals surface area contributed by atoms with Gasteiger partial charge in [-0.25, -0.2) is 4.98 Å². The lowest BCUT2D eigenvalue weighted by Gasteiger charge is -2.23. The number of likely N-dealkylation sites (tertiary alicyclic amines) is 1. The number of nitrogens with zero attached hydrogens (tertiary/aromatic N) is 2. The summed E-state index contributed by atoms with van der Waals surface area (Å²) >= 11 is 0. The number of hydrogen-bond donors (Lipinski definition) is 2. The third-order valence-electron chi connectivity index (χ3n) is 5.56. The normalized spacial score (nSPS) is 16.6. The van der Waals surface area contributed by atoms with E-state index in [4.69, 9.17) is 4.74 Å². The smallest absolute Gasteiger partial charge is 0.259 e. The van der Waals surface area contributed by atoms with E-state index in [1.165, 1.54) is 6.20 Å². The summed E-state index contributed by atoms with van der Waals surface area (Å²) in [5.41, 5.74) is 2.24. The van der Waals surface area contributed by atoms with Crippen LogP contribution in [0.5, 0.6) is 5.75 Å². The minimum absolute atomic E-state index is 0.133. The second-order valence-electron chi connectivity index (χ2n) is 7.21. The SMILES string of the molecule is COc1cccc2c(=O)c(C(=O)N3CCCC3c3nc4ccccc4[nH]3)c[nH]c12. The Labute approximate surface area is 166 Å². The molecule has 1 aliphatic rings. The van der Waals surface area contributed by atoms with Crippen LogP contribution in [0.25, 0.3) is 21.9 Å². The molecule has 2 aromatic carbocycles. The van der Waals surface area contributed by atoms with Gasteiger partial charge in [0.15, 0.2) is 0 Å². The van der Waals surface area contributed by atoms with E-state index in [1.54, 1.807) is 30.2 Å². The molecule has 2 aromatic heterocycles. The number of pyridine rings is 1. The number of amides is 1. The Morgan fingerprint density at radius 1 is 1.21 bits per heavy atom. The van der Waals surface area contributed by atoms with Crippen LogP contribution >= 0.6 is 0 Å². The minimum atomic E-state index is -0.294. The van der Waals surface area contributed by atoms with E-state index < -0.39 is 0 Å². The summed E-state index contributed by atoms with van der Waals surface area (Å²) in [5.74, 6) is 1.05. The summed E-state index contributed by atoms with van der Waals surface area (Å²) < 4.78 is 5.31. The van der Waals surface area contributed by atoms with Crippen LogP contribution < -0.4 is 10.2 Å². The van der Waals surface area contributed by atoms with Gasteiger partial charge >= 0.3 is 0 Å². The predicted octanol–water partition coefficient (Wildman–Crippen LogP) is 3.39. The topological polar surface area (TPSA) is 91.1 Å². The van der Waals surface area contributed by atoms with Crippen LogP contribution in [-0.4, -0.2) is 39.4 Å². The summed E-state index contributed by atoms with van der Waals surface area (Å²) in [6.07, 6.45) is 3.17. The van der Waals surface area contributed by atoms with Crippen molar-refractivity contribution in [2.75, 3.05) is 13.7 Å². The van der Waals surface area contributed by atoms with Crippen molar-refractivity contribution >= 4 is 27.8 Å². The second-order valence-corrected chi connectivity index (χ2v) is 7.21. The quantitative estimate of drug-likeness (QED) is 0.563. The van der Waals surface area contributed by atoms with Crippen LogP contribution in [0.15, 0.2) is 53.5 Å². The van der Waals surface area contributed by atoms with Crippen molar-refractivity contribution in [1.29, 1.82) is 0 Å². The zero-order chi connectivity index (χ0) is 20.0. The zero-order valence-electron chi connectivity index (χ0n) is 15.9. The molecule has 1 amide bonds. The molecule has 7 heteroatoms. The van der Waals surface area contributed by atoms with Gasteiger partial charge in [-0.3, -0.25) is 9.59 Å². The second kappa shape index (κ2) is 6.77. The van der Waals surface area contributed by atoms with Gasteiger partial charge in [0.25, 0.3) is 5.91 Å². The number of carbonyl (C=O) groups excluding carboxylic acids is 1. The van der Waals surface area contributed by atoms with Crippen molar-refractivity contribution in [2.45, 2.75) is 18.9 Å². The highest BCUT2D eigenvalue weighted by atomic mass is 16.5. The van der Waals surface area contributed by atoms with Crippen LogP contribution in [0.3, 0.4) is 0 Å². The summed E-state index contributed by atoms with van der Waals surface area (Å²) in [6.45, 7) is 0.593. The monoisotopic (exact) mass is 388 g/mol. The van der Waals surface area contributed by atoms with E-state index in [0.717, 1.165) is 29.7 Å². The van der Waals surface area contributed by atoms with Crippen LogP contribution in [0.4, 0.5) is 0 Å². The number of rotatable bonds is 3. The Morgan fingerprint density at radius 2 is 2.07 bits per heavy atom. The number of aromatic amines is 2. The first kappa shape index (κ1) is 17.5. The number of H-pyrrole nitrogens is 2. The number of methoxy groups -OCH3 is 1. The predicted molar refractivity (Wildman–Crippen MR) is 110 cm³/mol. The molecule has 2 N–H and O–H groups in total. The molecule has 0 radical (unpaired) electrons. The van der Waals surface area contributed by atoms with Crippen LogP contribution in [0, 0.1) is 0 Å². The number of carbonyl (C=O) groups is 1. The zero-order valence-corrected chi connectivity index (χ0v) is 15.9. The minimum Gasteiger partial charge on any atom is -0.495 e. The van der Waals surface area contributed by atoms with Crippen molar-refractivity contribution in [2.24, 2.45) is 0 Å². The van der Waals surface area contributed by atoms with Crippen molar-refractivity contribution in [3.05, 3.63) is 70.3 Å². The van der Waals surface area contributed by atoms with Gasteiger partial charge in [-0.1, -0.05) is 18.2 Å². The Bertz CT molecular complexity index is 1260. The maximum Gasteiger partial charge on any atom is 0.259 e. The first-order valence-electron chi connectivity index (χ1n) is 9.61. The van der Waals surface area contributed by atoms with Crippen molar-refractivity contribution < 1.29 is 9.53 Å². The van der Waals surface area contributed by atoms with Gasteiger partial charge in [-0.15, -0.1) is 0 Å². The highest BCUT2D eigenvalue weighted by Gasteiger charge is 2.34. The molecule has 5 rings (SSSR count). The molecule has 4 aromatic rings. The lowest BCUT2D eigenvalue weighted by Crippen LogP contribution is -2.34. The molecule has 1 aliphatic heterocycles. The average Bonchev–Trinajstić information content (AvgIpc) is 3.40. The van der Waals surface area contributed by atoms with E-state index >= 15 is 0 Å². The van der Waals surface area contributed by atoms with Crippen LogP contribution in [-0.2, 0) is 0 Å². The fourth-order valence-corrected chi connectivity index (χ4v) is 4.13. The van der Waals surface area contributed by atoms with Gasteiger partial charge in [0, 0.05) is 12.7 Å². The lowest BCUT2D eigenvalue weighted by atomic mass is 10.1. The number of hydrogen-bond acceptors (Lipinski definition) is 4. The summed E-state index contributed by atoms with van der Waals surface area (Å²) in [7, 11) is 1.55. The summed E-state index contributed by atoms with van der Waals surface area (Å²) in [4.78, 5) is 39.1. The number of aromatic nitrogens is 3. The molecule has 7 nitrogen and oxygen atoms in total. The summed E-state index contributed by atoms with van der Waals surface area (Å²) in [5, 5.41) is 0.440. The van der Waals surface area contributed by atoms with Crippen LogP contribution in [0.2, 0.25) is 0 Å². The molecule has 1 fully saturated rings. The van der Waals surface area contributed by atoms with Crippen LogP contribution in [0.1, 0.15) is 35.1 Å². The lowest BCUT2D eigenvalue weighted by molar-refractivity contribution is 0.0729. The van der Waals surface area contributed by atoms with Crippen molar-refractivity contribution in [3.63, 3.8) is 0 Å². The Morgan fingerprint density at radius 3 is 2.90 bits per heavy atom. The fourth-order valence-electron chi connectivity index (χ4n) is 4.13. The number of para-hydroxylation sites is 3. The van der Waals surface area contributed by atoms with Gasteiger partial charge in [0.05, 0.1) is 35.1 Å². The molecule has 1 atom stereocenters. The molecule has 1 unspecified atom stereocenters. The molecule has 0 aliphatic carbocycles. The molecule has 0 saturated carbocycles. The molecule has 0 spiro atoms. The highest BCUT2D eigenvalue weighted by Crippen LogP contribution is 2.32. The molecule has 1 saturated heterocycles. The number of nitrogens with one attached hydrogen (secondary N) is 2. The Hall–Kier alpha value is -3.61. The molecule has 29 heavy (non-hydrogen) atoms. The standard InChI is InChI=1S/C22H20N4O3/c1-29-18-10-4-6-13-19(18)23-12-14(20(13)27)22(28)26-11-5-9-17(26)21-24-15-7-2-3-8-16(15)25-21/h2-4,6-8,10,12,17H,5,9,11H2,1H3,(H,23,27)(H,24,25). The number of imidazole rings is 1. The van der Waals surface area contributed by atoms with Crippen molar-refractivity contribution in [3.8, 4) is 5.75 Å². The molecule has 146 valence electrons. The fraction of sp³-hybridized carbons (Fsp3) is 0.227. The highest BCUT2D eigenvalue weighted by molar-refractivity contribution is 5.98. The van der Waals surface area contributed by atoms with E-state index in [0.29, 0.717) is 23.2 Å². The molecule has 0 bridgehead atoms. The third kappa shape index (κ3) is 2.77. The third-order valence-corrected chi connectivity index (χ3v) is 5.56. The largest absolute Gasteiger partial charge is 0.495 e. The van der Waals surface area contributed by atoms with Gasteiger partial charge in [-0.05, 0) is 37.1 Å². The molecular formula is C22H20N4O3. The number of fused-ring (bicyclic) bond motifs is 2. The molecule has 3 heterocycles. The first-order valence-corrected chi connectivity index (χ1v) is 9.61. The van der Waals surface area contributed by atoms with E-state index in [2.05, 4.69) is 15.0 Å². The van der Waals surface area contributed by atoms with E-state index in [9.17, 15) is 9.59 Å². The van der Waals surface area contributed by atoms with Gasteiger partial charge in [0.1, 0.15) is 17.1 Å². The van der Waals surface area contributed by atoms with Gasteiger partial charge in [-0.2, -0.15) is 0 Å². The summed E-state index contributed by atoms with van der Waals surface area (Å²) in [6, 6.07) is 12.9. The van der Waals surface area contributed by atoms with Crippen molar-refractivity contribution in [1.82, 2.24) is 19.9 Å². The van der Waals surface area contributed by atoms with Gasteiger partial charge in [0.2, 0.25) is 5.43 Å². The van der Waals surface area contributed by atoms with E-state index in [-0.39, 0.29) is 22.9 Å². The Balaban J connectivity index is 1.54.